The van der Waals surface area contributed by atoms with Crippen LogP contribution in [-0.2, 0) is 24.7 Å². The molecular formula is C19H25N3O4. The summed E-state index contributed by atoms with van der Waals surface area (Å²) in [6.45, 7) is 4.42. The lowest BCUT2D eigenvalue weighted by atomic mass is 10.1. The number of hydrogen-bond acceptors (Lipinski definition) is 4. The summed E-state index contributed by atoms with van der Waals surface area (Å²) in [5, 5.41) is 16.3. The molecule has 1 aromatic carbocycles. The van der Waals surface area contributed by atoms with Gasteiger partial charge in [-0.25, -0.2) is 4.79 Å². The van der Waals surface area contributed by atoms with Crippen molar-refractivity contribution >= 4 is 11.9 Å². The second-order valence-corrected chi connectivity index (χ2v) is 6.20. The standard InChI is InChI=1S/C19H25N3O4/c1-12-16(13(2)22(3)21-12)7-8-18(23)20-10-9-14-5-6-15(19(24)25)11-17(14)26-4/h5-6,11H,7-10H2,1-4H3,(H,20,23)(H,24,25). The largest absolute Gasteiger partial charge is 0.496 e. The molecule has 2 rings (SSSR count). The van der Waals surface area contributed by atoms with Gasteiger partial charge in [-0.1, -0.05) is 6.07 Å². The number of hydrogen-bond donors (Lipinski definition) is 2. The van der Waals surface area contributed by atoms with Crippen molar-refractivity contribution in [1.82, 2.24) is 15.1 Å². The van der Waals surface area contributed by atoms with Gasteiger partial charge in [0.2, 0.25) is 5.91 Å². The Bertz CT molecular complexity index is 811. The molecule has 0 aliphatic carbocycles. The van der Waals surface area contributed by atoms with Crippen LogP contribution < -0.4 is 10.1 Å². The molecule has 0 aliphatic heterocycles. The minimum absolute atomic E-state index is 0.0197. The van der Waals surface area contributed by atoms with E-state index in [0.717, 1.165) is 22.5 Å². The van der Waals surface area contributed by atoms with Gasteiger partial charge in [-0.05, 0) is 49.9 Å². The summed E-state index contributed by atoms with van der Waals surface area (Å²) < 4.78 is 7.07. The molecule has 7 heteroatoms. The number of carboxylic acids is 1. The molecule has 0 fully saturated rings. The van der Waals surface area contributed by atoms with Crippen molar-refractivity contribution in [3.8, 4) is 5.75 Å². The van der Waals surface area contributed by atoms with E-state index in [1.165, 1.54) is 19.2 Å². The second-order valence-electron chi connectivity index (χ2n) is 6.20. The van der Waals surface area contributed by atoms with Crippen LogP contribution in [0.15, 0.2) is 18.2 Å². The Balaban J connectivity index is 1.85. The number of methoxy groups -OCH3 is 1. The first-order valence-electron chi connectivity index (χ1n) is 8.49. The fourth-order valence-corrected chi connectivity index (χ4v) is 2.93. The van der Waals surface area contributed by atoms with Crippen molar-refractivity contribution in [1.29, 1.82) is 0 Å². The minimum Gasteiger partial charge on any atom is -0.496 e. The first-order chi connectivity index (χ1) is 12.3. The summed E-state index contributed by atoms with van der Waals surface area (Å²) >= 11 is 0. The lowest BCUT2D eigenvalue weighted by Gasteiger charge is -2.10. The zero-order chi connectivity index (χ0) is 19.3. The van der Waals surface area contributed by atoms with Gasteiger partial charge >= 0.3 is 5.97 Å². The van der Waals surface area contributed by atoms with Crippen LogP contribution in [0.2, 0.25) is 0 Å². The molecule has 0 unspecified atom stereocenters. The Labute approximate surface area is 153 Å². The van der Waals surface area contributed by atoms with Gasteiger partial charge in [-0.15, -0.1) is 0 Å². The van der Waals surface area contributed by atoms with E-state index in [1.54, 1.807) is 6.07 Å². The predicted molar refractivity (Wildman–Crippen MR) is 97.7 cm³/mol. The Morgan fingerprint density at radius 1 is 1.27 bits per heavy atom. The molecule has 0 saturated carbocycles. The van der Waals surface area contributed by atoms with Gasteiger partial charge in [0.15, 0.2) is 0 Å². The number of carboxylic acid groups (broad SMARTS) is 1. The highest BCUT2D eigenvalue weighted by Crippen LogP contribution is 2.20. The Hall–Kier alpha value is -2.83. The van der Waals surface area contributed by atoms with Crippen molar-refractivity contribution in [2.75, 3.05) is 13.7 Å². The van der Waals surface area contributed by atoms with E-state index in [-0.39, 0.29) is 11.5 Å². The van der Waals surface area contributed by atoms with Crippen LogP contribution in [0, 0.1) is 13.8 Å². The van der Waals surface area contributed by atoms with Crippen molar-refractivity contribution in [3.05, 3.63) is 46.3 Å². The van der Waals surface area contributed by atoms with Crippen LogP contribution in [0.4, 0.5) is 0 Å². The molecule has 1 aromatic heterocycles. The maximum atomic E-state index is 12.1. The van der Waals surface area contributed by atoms with E-state index in [4.69, 9.17) is 9.84 Å². The van der Waals surface area contributed by atoms with E-state index in [1.807, 2.05) is 25.6 Å². The number of aromatic nitrogens is 2. The van der Waals surface area contributed by atoms with Crippen LogP contribution in [0.25, 0.3) is 0 Å². The van der Waals surface area contributed by atoms with E-state index in [9.17, 15) is 9.59 Å². The highest BCUT2D eigenvalue weighted by atomic mass is 16.5. The van der Waals surface area contributed by atoms with Gasteiger partial charge in [0.25, 0.3) is 0 Å². The van der Waals surface area contributed by atoms with Crippen molar-refractivity contribution in [2.24, 2.45) is 7.05 Å². The predicted octanol–water partition coefficient (Wildman–Crippen LogP) is 2.04. The molecule has 0 aliphatic rings. The minimum atomic E-state index is -0.996. The number of rotatable bonds is 8. The maximum absolute atomic E-state index is 12.1. The van der Waals surface area contributed by atoms with Gasteiger partial charge < -0.3 is 15.2 Å². The number of aryl methyl sites for hydroxylation is 2. The molecule has 0 bridgehead atoms. The number of benzene rings is 1. The van der Waals surface area contributed by atoms with E-state index in [2.05, 4.69) is 10.4 Å². The molecule has 2 N–H and O–H groups in total. The normalized spacial score (nSPS) is 10.6. The SMILES string of the molecule is COc1cc(C(=O)O)ccc1CCNC(=O)CCc1c(C)nn(C)c1C. The third-order valence-corrected chi connectivity index (χ3v) is 4.51. The fraction of sp³-hybridized carbons (Fsp3) is 0.421. The molecule has 0 atom stereocenters. The number of nitrogens with zero attached hydrogens (tertiary/aromatic N) is 2. The van der Waals surface area contributed by atoms with Crippen LogP contribution >= 0.6 is 0 Å². The molecule has 1 heterocycles. The smallest absolute Gasteiger partial charge is 0.335 e. The number of amides is 1. The average Bonchev–Trinajstić information content (AvgIpc) is 2.85. The van der Waals surface area contributed by atoms with Crippen molar-refractivity contribution in [3.63, 3.8) is 0 Å². The average molecular weight is 359 g/mol. The van der Waals surface area contributed by atoms with Crippen LogP contribution in [0.5, 0.6) is 5.75 Å². The van der Waals surface area contributed by atoms with E-state index >= 15 is 0 Å². The molecular weight excluding hydrogens is 334 g/mol. The molecule has 0 saturated heterocycles. The topological polar surface area (TPSA) is 93.4 Å². The summed E-state index contributed by atoms with van der Waals surface area (Å²) in [5.41, 5.74) is 4.20. The maximum Gasteiger partial charge on any atom is 0.335 e. The Kier molecular flexibility index (Phi) is 6.38. The number of carbonyl (C=O) groups is 2. The Morgan fingerprint density at radius 2 is 2.00 bits per heavy atom. The number of nitrogens with one attached hydrogen (secondary N) is 1. The van der Waals surface area contributed by atoms with Crippen molar-refractivity contribution < 1.29 is 19.4 Å². The van der Waals surface area contributed by atoms with Gasteiger partial charge in [0.1, 0.15) is 5.75 Å². The van der Waals surface area contributed by atoms with E-state index in [0.29, 0.717) is 31.6 Å². The lowest BCUT2D eigenvalue weighted by Crippen LogP contribution is -2.26. The van der Waals surface area contributed by atoms with Gasteiger partial charge in [0, 0.05) is 25.7 Å². The van der Waals surface area contributed by atoms with E-state index < -0.39 is 5.97 Å². The van der Waals surface area contributed by atoms with Crippen LogP contribution in [0.3, 0.4) is 0 Å². The molecule has 26 heavy (non-hydrogen) atoms. The molecule has 1 amide bonds. The lowest BCUT2D eigenvalue weighted by molar-refractivity contribution is -0.121. The Morgan fingerprint density at radius 3 is 2.58 bits per heavy atom. The quantitative estimate of drug-likeness (QED) is 0.752. The van der Waals surface area contributed by atoms with Gasteiger partial charge in [-0.3, -0.25) is 9.48 Å². The zero-order valence-corrected chi connectivity index (χ0v) is 15.6. The summed E-state index contributed by atoms with van der Waals surface area (Å²) in [4.78, 5) is 23.1. The molecule has 7 nitrogen and oxygen atoms in total. The summed E-state index contributed by atoms with van der Waals surface area (Å²) in [5.74, 6) is -0.501. The third-order valence-electron chi connectivity index (χ3n) is 4.51. The molecule has 140 valence electrons. The van der Waals surface area contributed by atoms with Gasteiger partial charge in [-0.2, -0.15) is 5.10 Å². The molecule has 0 spiro atoms. The van der Waals surface area contributed by atoms with Crippen molar-refractivity contribution in [2.45, 2.75) is 33.1 Å². The first kappa shape index (κ1) is 19.5. The molecule has 2 aromatic rings. The summed E-state index contributed by atoms with van der Waals surface area (Å²) in [7, 11) is 3.40. The number of ether oxygens (including phenoxy) is 1. The van der Waals surface area contributed by atoms with Crippen LogP contribution in [-0.4, -0.2) is 40.4 Å². The fourth-order valence-electron chi connectivity index (χ4n) is 2.93. The summed E-state index contributed by atoms with van der Waals surface area (Å²) in [6, 6.07) is 4.75. The van der Waals surface area contributed by atoms with Crippen LogP contribution in [0.1, 0.15) is 39.3 Å². The number of carbonyl (C=O) groups excluding carboxylic acids is 1. The highest BCUT2D eigenvalue weighted by Gasteiger charge is 2.12. The second kappa shape index (κ2) is 8.51. The monoisotopic (exact) mass is 359 g/mol. The first-order valence-corrected chi connectivity index (χ1v) is 8.49. The zero-order valence-electron chi connectivity index (χ0n) is 15.6. The number of aromatic carboxylic acids is 1. The third kappa shape index (κ3) is 4.62. The molecule has 0 radical (unpaired) electrons. The summed E-state index contributed by atoms with van der Waals surface area (Å²) in [6.07, 6.45) is 1.64. The highest BCUT2D eigenvalue weighted by molar-refractivity contribution is 5.88. The van der Waals surface area contributed by atoms with Gasteiger partial charge in [0.05, 0.1) is 18.4 Å².